The zero-order valence-corrected chi connectivity index (χ0v) is 12.3. The first kappa shape index (κ1) is 15.1. The molecule has 108 valence electrons. The van der Waals surface area contributed by atoms with Gasteiger partial charge in [-0.15, -0.1) is 0 Å². The maximum Gasteiger partial charge on any atom is 0.253 e. The van der Waals surface area contributed by atoms with Gasteiger partial charge < -0.3 is 15.5 Å². The minimum atomic E-state index is -0.379. The van der Waals surface area contributed by atoms with Crippen LogP contribution in [0.5, 0.6) is 0 Å². The summed E-state index contributed by atoms with van der Waals surface area (Å²) in [7, 11) is 0. The van der Waals surface area contributed by atoms with Gasteiger partial charge >= 0.3 is 0 Å². The number of carbonyl (C=O) groups excluding carboxylic acids is 2. The molecule has 7 heteroatoms. The zero-order valence-electron chi connectivity index (χ0n) is 10.8. The maximum absolute atomic E-state index is 11.9. The summed E-state index contributed by atoms with van der Waals surface area (Å²) in [5.41, 5.74) is 0.309. The summed E-state index contributed by atoms with van der Waals surface area (Å²) >= 11 is 11.7. The van der Waals surface area contributed by atoms with Crippen molar-refractivity contribution in [2.24, 2.45) is 0 Å². The fraction of sp³-hybridized carbons (Fsp3) is 0.385. The normalized spacial score (nSPS) is 15.0. The predicted octanol–water partition coefficient (Wildman–Crippen LogP) is 1.16. The van der Waals surface area contributed by atoms with E-state index in [2.05, 4.69) is 10.6 Å². The molecule has 1 aromatic carbocycles. The molecule has 1 saturated heterocycles. The summed E-state index contributed by atoms with van der Waals surface area (Å²) < 4.78 is 0. The summed E-state index contributed by atoms with van der Waals surface area (Å²) in [4.78, 5) is 25.6. The smallest absolute Gasteiger partial charge is 0.253 e. The van der Waals surface area contributed by atoms with E-state index < -0.39 is 0 Å². The monoisotopic (exact) mass is 315 g/mol. The van der Waals surface area contributed by atoms with Gasteiger partial charge in [0.15, 0.2) is 0 Å². The molecule has 2 rings (SSSR count). The van der Waals surface area contributed by atoms with Crippen molar-refractivity contribution >= 4 is 35.0 Å². The quantitative estimate of drug-likeness (QED) is 0.879. The molecule has 2 amide bonds. The SMILES string of the molecule is O=C(NCC(=O)N1CCNCC1)c1ccc(Cl)cc1Cl. The highest BCUT2D eigenvalue weighted by Crippen LogP contribution is 2.20. The molecule has 1 aromatic rings. The number of rotatable bonds is 3. The highest BCUT2D eigenvalue weighted by molar-refractivity contribution is 6.36. The molecule has 1 fully saturated rings. The molecule has 0 atom stereocenters. The van der Waals surface area contributed by atoms with Crippen LogP contribution < -0.4 is 10.6 Å². The Bertz CT molecular complexity index is 516. The Morgan fingerprint density at radius 3 is 2.60 bits per heavy atom. The summed E-state index contributed by atoms with van der Waals surface area (Å²) in [5, 5.41) is 6.47. The van der Waals surface area contributed by atoms with E-state index in [1.165, 1.54) is 12.1 Å². The molecule has 0 saturated carbocycles. The van der Waals surface area contributed by atoms with Gasteiger partial charge in [-0.1, -0.05) is 23.2 Å². The van der Waals surface area contributed by atoms with E-state index in [1.807, 2.05) is 0 Å². The molecule has 2 N–H and O–H groups in total. The Morgan fingerprint density at radius 2 is 1.95 bits per heavy atom. The summed E-state index contributed by atoms with van der Waals surface area (Å²) in [6.45, 7) is 2.86. The minimum absolute atomic E-state index is 0.0300. The van der Waals surface area contributed by atoms with Crippen molar-refractivity contribution in [3.8, 4) is 0 Å². The Balaban J connectivity index is 1.89. The number of hydrogen-bond acceptors (Lipinski definition) is 3. The molecule has 0 aliphatic carbocycles. The zero-order chi connectivity index (χ0) is 14.5. The van der Waals surface area contributed by atoms with E-state index in [-0.39, 0.29) is 23.4 Å². The Morgan fingerprint density at radius 1 is 1.25 bits per heavy atom. The van der Waals surface area contributed by atoms with Gasteiger partial charge in [0.25, 0.3) is 5.91 Å². The predicted molar refractivity (Wildman–Crippen MR) is 78.2 cm³/mol. The second kappa shape index (κ2) is 6.92. The fourth-order valence-corrected chi connectivity index (χ4v) is 2.45. The van der Waals surface area contributed by atoms with Gasteiger partial charge in [-0.3, -0.25) is 9.59 Å². The number of piperazine rings is 1. The van der Waals surface area contributed by atoms with Gasteiger partial charge in [-0.25, -0.2) is 0 Å². The third kappa shape index (κ3) is 3.85. The van der Waals surface area contributed by atoms with E-state index in [9.17, 15) is 9.59 Å². The van der Waals surface area contributed by atoms with Gasteiger partial charge in [0.2, 0.25) is 5.91 Å². The number of halogens is 2. The molecule has 0 radical (unpaired) electrons. The van der Waals surface area contributed by atoms with Gasteiger partial charge in [0.1, 0.15) is 0 Å². The van der Waals surface area contributed by atoms with Crippen molar-refractivity contribution in [2.45, 2.75) is 0 Å². The molecule has 5 nitrogen and oxygen atoms in total. The van der Waals surface area contributed by atoms with E-state index in [4.69, 9.17) is 23.2 Å². The fourth-order valence-electron chi connectivity index (χ4n) is 1.95. The van der Waals surface area contributed by atoms with Crippen LogP contribution >= 0.6 is 23.2 Å². The van der Waals surface area contributed by atoms with Crippen LogP contribution in [0.1, 0.15) is 10.4 Å². The second-order valence-corrected chi connectivity index (χ2v) is 5.28. The number of carbonyl (C=O) groups is 2. The topological polar surface area (TPSA) is 61.4 Å². The van der Waals surface area contributed by atoms with Crippen LogP contribution in [0, 0.1) is 0 Å². The minimum Gasteiger partial charge on any atom is -0.343 e. The van der Waals surface area contributed by atoms with Gasteiger partial charge in [0, 0.05) is 31.2 Å². The first-order valence-corrected chi connectivity index (χ1v) is 7.05. The number of nitrogens with zero attached hydrogens (tertiary/aromatic N) is 1. The summed E-state index contributed by atoms with van der Waals surface area (Å²) in [5.74, 6) is -0.472. The van der Waals surface area contributed by atoms with E-state index >= 15 is 0 Å². The molecule has 0 aromatic heterocycles. The molecule has 20 heavy (non-hydrogen) atoms. The third-order valence-corrected chi connectivity index (χ3v) is 3.59. The van der Waals surface area contributed by atoms with Crippen LogP contribution in [0.4, 0.5) is 0 Å². The lowest BCUT2D eigenvalue weighted by atomic mass is 10.2. The molecule has 1 aliphatic heterocycles. The van der Waals surface area contributed by atoms with Crippen molar-refractivity contribution < 1.29 is 9.59 Å². The van der Waals surface area contributed by atoms with Crippen molar-refractivity contribution in [2.75, 3.05) is 32.7 Å². The highest BCUT2D eigenvalue weighted by Gasteiger charge is 2.17. The molecular weight excluding hydrogens is 301 g/mol. The Labute approximate surface area is 127 Å². The molecule has 0 bridgehead atoms. The van der Waals surface area contributed by atoms with Crippen LogP contribution in [0.2, 0.25) is 10.0 Å². The van der Waals surface area contributed by atoms with Crippen LogP contribution in [0.25, 0.3) is 0 Å². The molecule has 1 aliphatic rings. The van der Waals surface area contributed by atoms with Crippen LogP contribution in [-0.2, 0) is 4.79 Å². The van der Waals surface area contributed by atoms with Gasteiger partial charge in [-0.2, -0.15) is 0 Å². The van der Waals surface area contributed by atoms with Crippen molar-refractivity contribution in [1.82, 2.24) is 15.5 Å². The van der Waals surface area contributed by atoms with E-state index in [0.717, 1.165) is 13.1 Å². The molecular formula is C13H15Cl2N3O2. The molecule has 0 unspecified atom stereocenters. The average Bonchev–Trinajstić information content (AvgIpc) is 2.45. The van der Waals surface area contributed by atoms with Crippen molar-refractivity contribution in [3.05, 3.63) is 33.8 Å². The van der Waals surface area contributed by atoms with Crippen molar-refractivity contribution in [3.63, 3.8) is 0 Å². The van der Waals surface area contributed by atoms with E-state index in [1.54, 1.807) is 11.0 Å². The number of hydrogen-bond donors (Lipinski definition) is 2. The van der Waals surface area contributed by atoms with Crippen LogP contribution in [0.3, 0.4) is 0 Å². The second-order valence-electron chi connectivity index (χ2n) is 4.44. The van der Waals surface area contributed by atoms with Gasteiger partial charge in [0.05, 0.1) is 17.1 Å². The number of amides is 2. The maximum atomic E-state index is 11.9. The lowest BCUT2D eigenvalue weighted by Gasteiger charge is -2.27. The Hall–Kier alpha value is -1.30. The summed E-state index contributed by atoms with van der Waals surface area (Å²) in [6.07, 6.45) is 0. The lowest BCUT2D eigenvalue weighted by Crippen LogP contribution is -2.49. The average molecular weight is 316 g/mol. The molecule has 0 spiro atoms. The van der Waals surface area contributed by atoms with Crippen LogP contribution in [0.15, 0.2) is 18.2 Å². The standard InChI is InChI=1S/C13H15Cl2N3O2/c14-9-1-2-10(11(15)7-9)13(20)17-8-12(19)18-5-3-16-4-6-18/h1-2,7,16H,3-6,8H2,(H,17,20). The first-order chi connectivity index (χ1) is 9.58. The number of nitrogens with one attached hydrogen (secondary N) is 2. The lowest BCUT2D eigenvalue weighted by molar-refractivity contribution is -0.130. The summed E-state index contributed by atoms with van der Waals surface area (Å²) in [6, 6.07) is 4.62. The highest BCUT2D eigenvalue weighted by atomic mass is 35.5. The first-order valence-electron chi connectivity index (χ1n) is 6.29. The number of benzene rings is 1. The van der Waals surface area contributed by atoms with Crippen LogP contribution in [-0.4, -0.2) is 49.4 Å². The largest absolute Gasteiger partial charge is 0.343 e. The van der Waals surface area contributed by atoms with Gasteiger partial charge in [-0.05, 0) is 18.2 Å². The van der Waals surface area contributed by atoms with Crippen molar-refractivity contribution in [1.29, 1.82) is 0 Å². The third-order valence-electron chi connectivity index (χ3n) is 3.05. The Kier molecular flexibility index (Phi) is 5.23. The molecule has 1 heterocycles. The van der Waals surface area contributed by atoms with E-state index in [0.29, 0.717) is 23.7 Å².